The summed E-state index contributed by atoms with van der Waals surface area (Å²) in [7, 11) is 0. The lowest BCUT2D eigenvalue weighted by atomic mass is 9.84. The quantitative estimate of drug-likeness (QED) is 0.798. The molecular formula is C19H22ClNO4. The number of hydrogen-bond acceptors (Lipinski definition) is 4. The van der Waals surface area contributed by atoms with Gasteiger partial charge in [-0.1, -0.05) is 32.4 Å². The average Bonchev–Trinajstić information content (AvgIpc) is 2.50. The van der Waals surface area contributed by atoms with Crippen LogP contribution in [0.4, 0.5) is 0 Å². The van der Waals surface area contributed by atoms with Crippen LogP contribution in [-0.4, -0.2) is 28.6 Å². The van der Waals surface area contributed by atoms with E-state index in [-0.39, 0.29) is 19.4 Å². The molecule has 1 aromatic carbocycles. The number of pyridine rings is 1. The van der Waals surface area contributed by atoms with Gasteiger partial charge in [-0.05, 0) is 37.1 Å². The molecule has 0 radical (unpaired) electrons. The van der Waals surface area contributed by atoms with Crippen molar-refractivity contribution in [2.45, 2.75) is 46.0 Å². The van der Waals surface area contributed by atoms with Crippen LogP contribution in [0.2, 0.25) is 5.02 Å². The van der Waals surface area contributed by atoms with Gasteiger partial charge in [0.05, 0.1) is 23.4 Å². The number of aliphatic carboxylic acids is 1. The number of aryl methyl sites for hydroxylation is 1. The third kappa shape index (κ3) is 4.28. The van der Waals surface area contributed by atoms with Gasteiger partial charge < -0.3 is 9.84 Å². The van der Waals surface area contributed by atoms with E-state index in [1.807, 2.05) is 20.8 Å². The molecule has 25 heavy (non-hydrogen) atoms. The molecule has 0 spiro atoms. The molecule has 0 aliphatic rings. The summed E-state index contributed by atoms with van der Waals surface area (Å²) >= 11 is 6.12. The number of carbonyl (C=O) groups excluding carboxylic acids is 1. The largest absolute Gasteiger partial charge is 0.481 e. The first-order chi connectivity index (χ1) is 11.6. The van der Waals surface area contributed by atoms with Gasteiger partial charge in [0, 0.05) is 22.2 Å². The fraction of sp³-hybridized carbons (Fsp3) is 0.421. The smallest absolute Gasteiger partial charge is 0.340 e. The van der Waals surface area contributed by atoms with E-state index < -0.39 is 17.4 Å². The van der Waals surface area contributed by atoms with E-state index in [1.54, 1.807) is 25.1 Å². The van der Waals surface area contributed by atoms with Gasteiger partial charge >= 0.3 is 11.9 Å². The number of rotatable bonds is 5. The van der Waals surface area contributed by atoms with Gasteiger partial charge in [0.25, 0.3) is 0 Å². The van der Waals surface area contributed by atoms with Crippen molar-refractivity contribution in [1.29, 1.82) is 0 Å². The van der Waals surface area contributed by atoms with E-state index in [0.29, 0.717) is 32.7 Å². The number of nitrogens with zero attached hydrogens (tertiary/aromatic N) is 1. The van der Waals surface area contributed by atoms with Gasteiger partial charge in [-0.25, -0.2) is 4.79 Å². The van der Waals surface area contributed by atoms with Gasteiger partial charge in [0.15, 0.2) is 0 Å². The van der Waals surface area contributed by atoms with Crippen molar-refractivity contribution < 1.29 is 19.4 Å². The second-order valence-electron chi connectivity index (χ2n) is 6.84. The number of fused-ring (bicyclic) bond motifs is 1. The molecule has 6 heteroatoms. The molecule has 0 aliphatic carbocycles. The number of benzene rings is 1. The minimum Gasteiger partial charge on any atom is -0.481 e. The maximum absolute atomic E-state index is 12.7. The predicted octanol–water partition coefficient (Wildman–Crippen LogP) is 4.38. The summed E-state index contributed by atoms with van der Waals surface area (Å²) in [5.74, 6) is -1.42. The summed E-state index contributed by atoms with van der Waals surface area (Å²) in [5.41, 5.74) is 1.85. The Balaban J connectivity index is 2.85. The van der Waals surface area contributed by atoms with Crippen LogP contribution >= 0.6 is 11.6 Å². The van der Waals surface area contributed by atoms with Crippen LogP contribution in [0, 0.1) is 0 Å². The summed E-state index contributed by atoms with van der Waals surface area (Å²) in [6, 6.07) is 5.23. The van der Waals surface area contributed by atoms with Crippen LogP contribution in [0.25, 0.3) is 10.9 Å². The third-order valence-electron chi connectivity index (χ3n) is 3.83. The Labute approximate surface area is 152 Å². The number of hydrogen-bond donors (Lipinski definition) is 1. The van der Waals surface area contributed by atoms with Crippen molar-refractivity contribution >= 4 is 34.4 Å². The number of carbonyl (C=O) groups is 2. The maximum Gasteiger partial charge on any atom is 0.340 e. The Hall–Kier alpha value is -2.14. The lowest BCUT2D eigenvalue weighted by molar-refractivity contribution is -0.136. The average molecular weight is 364 g/mol. The Morgan fingerprint density at radius 2 is 1.96 bits per heavy atom. The van der Waals surface area contributed by atoms with Crippen molar-refractivity contribution in [3.63, 3.8) is 0 Å². The van der Waals surface area contributed by atoms with Crippen molar-refractivity contribution in [2.75, 3.05) is 6.61 Å². The molecule has 0 bridgehead atoms. The van der Waals surface area contributed by atoms with Crippen LogP contribution in [-0.2, 0) is 21.4 Å². The maximum atomic E-state index is 12.7. The first-order valence-electron chi connectivity index (χ1n) is 8.16. The summed E-state index contributed by atoms with van der Waals surface area (Å²) in [5, 5.41) is 10.3. The Morgan fingerprint density at radius 3 is 2.52 bits per heavy atom. The molecule has 1 heterocycles. The molecule has 0 saturated carbocycles. The molecule has 0 saturated heterocycles. The van der Waals surface area contributed by atoms with Gasteiger partial charge in [0.2, 0.25) is 0 Å². The molecule has 0 fully saturated rings. The topological polar surface area (TPSA) is 76.5 Å². The molecule has 2 aromatic rings. The molecule has 0 atom stereocenters. The molecule has 5 nitrogen and oxygen atoms in total. The first-order valence-corrected chi connectivity index (χ1v) is 8.54. The van der Waals surface area contributed by atoms with E-state index in [4.69, 9.17) is 21.4 Å². The van der Waals surface area contributed by atoms with Crippen molar-refractivity contribution in [3.05, 3.63) is 40.0 Å². The first kappa shape index (κ1) is 19.2. The molecular weight excluding hydrogens is 342 g/mol. The fourth-order valence-corrected chi connectivity index (χ4v) is 2.93. The summed E-state index contributed by atoms with van der Waals surface area (Å²) in [6.07, 6.45) is 0.105. The zero-order valence-corrected chi connectivity index (χ0v) is 15.6. The van der Waals surface area contributed by atoms with Gasteiger partial charge in [-0.2, -0.15) is 0 Å². The van der Waals surface area contributed by atoms with E-state index in [0.717, 1.165) is 0 Å². The van der Waals surface area contributed by atoms with E-state index >= 15 is 0 Å². The van der Waals surface area contributed by atoms with Gasteiger partial charge in [0.1, 0.15) is 0 Å². The monoisotopic (exact) mass is 363 g/mol. The normalized spacial score (nSPS) is 11.6. The molecule has 2 rings (SSSR count). The Morgan fingerprint density at radius 1 is 1.28 bits per heavy atom. The van der Waals surface area contributed by atoms with Crippen LogP contribution in [0.1, 0.15) is 55.7 Å². The number of esters is 1. The zero-order chi connectivity index (χ0) is 18.8. The highest BCUT2D eigenvalue weighted by atomic mass is 35.5. The molecule has 0 amide bonds. The second kappa shape index (κ2) is 7.40. The van der Waals surface area contributed by atoms with Crippen LogP contribution in [0.15, 0.2) is 18.2 Å². The summed E-state index contributed by atoms with van der Waals surface area (Å²) in [4.78, 5) is 28.4. The minimum atomic E-state index is -0.931. The van der Waals surface area contributed by atoms with Crippen molar-refractivity contribution in [1.82, 2.24) is 4.98 Å². The molecule has 0 unspecified atom stereocenters. The van der Waals surface area contributed by atoms with E-state index in [1.165, 1.54) is 0 Å². The van der Waals surface area contributed by atoms with Gasteiger partial charge in [-0.3, -0.25) is 9.78 Å². The summed E-state index contributed by atoms with van der Waals surface area (Å²) in [6.45, 7) is 7.84. The zero-order valence-electron chi connectivity index (χ0n) is 14.9. The standard InChI is InChI=1S/C19H22ClNO4/c1-5-25-18(24)16-12(7-9-15(22)23)13-10-11(20)6-8-14(13)21-17(16)19(2,3)4/h6,8,10H,5,7,9H2,1-4H3,(H,22,23). The van der Waals surface area contributed by atoms with Crippen molar-refractivity contribution in [3.8, 4) is 0 Å². The molecule has 1 N–H and O–H groups in total. The Kier molecular flexibility index (Phi) is 5.68. The minimum absolute atomic E-state index is 0.0956. The predicted molar refractivity (Wildman–Crippen MR) is 97.4 cm³/mol. The lowest BCUT2D eigenvalue weighted by Crippen LogP contribution is -2.23. The number of carboxylic acid groups (broad SMARTS) is 1. The molecule has 1 aromatic heterocycles. The van der Waals surface area contributed by atoms with Crippen molar-refractivity contribution in [2.24, 2.45) is 0 Å². The molecule has 134 valence electrons. The van der Waals surface area contributed by atoms with Crippen LogP contribution in [0.3, 0.4) is 0 Å². The van der Waals surface area contributed by atoms with Gasteiger partial charge in [-0.15, -0.1) is 0 Å². The molecule has 0 aliphatic heterocycles. The highest BCUT2D eigenvalue weighted by Gasteiger charge is 2.29. The second-order valence-corrected chi connectivity index (χ2v) is 7.28. The fourth-order valence-electron chi connectivity index (χ4n) is 2.76. The lowest BCUT2D eigenvalue weighted by Gasteiger charge is -2.24. The van der Waals surface area contributed by atoms with Crippen LogP contribution in [0.5, 0.6) is 0 Å². The summed E-state index contributed by atoms with van der Waals surface area (Å²) < 4.78 is 5.23. The number of halogens is 1. The Bertz CT molecular complexity index is 824. The number of aromatic nitrogens is 1. The van der Waals surface area contributed by atoms with E-state index in [2.05, 4.69) is 4.98 Å². The van der Waals surface area contributed by atoms with E-state index in [9.17, 15) is 9.59 Å². The number of ether oxygens (including phenoxy) is 1. The SMILES string of the molecule is CCOC(=O)c1c(C(C)(C)C)nc2ccc(Cl)cc2c1CCC(=O)O. The highest BCUT2D eigenvalue weighted by Crippen LogP contribution is 2.33. The number of carboxylic acids is 1. The third-order valence-corrected chi connectivity index (χ3v) is 4.07. The highest BCUT2D eigenvalue weighted by molar-refractivity contribution is 6.31. The van der Waals surface area contributed by atoms with Crippen LogP contribution < -0.4 is 0 Å².